The fourth-order valence-electron chi connectivity index (χ4n) is 2.28. The predicted octanol–water partition coefficient (Wildman–Crippen LogP) is 3.49. The Morgan fingerprint density at radius 3 is 2.50 bits per heavy atom. The molecule has 1 amide bonds. The molecule has 0 aliphatic heterocycles. The van der Waals surface area contributed by atoms with Crippen LogP contribution in [0.1, 0.15) is 20.3 Å². The maximum atomic E-state index is 12.7. The monoisotopic (exact) mass is 434 g/mol. The largest absolute Gasteiger partial charge is 0.299 e. The first-order valence-electron chi connectivity index (χ1n) is 7.78. The molecule has 0 radical (unpaired) electrons. The average molecular weight is 435 g/mol. The summed E-state index contributed by atoms with van der Waals surface area (Å²) < 4.78 is 26.5. The standard InChI is InChI=1S/C15H19ClN4O3S3/c1-4-12(13(21)17-14-18-19-15(25-14)24-5-2)20(26(3,22)23)11-8-6-10(16)7-9-11/h6-9,12H,4-5H2,1-3H3,(H,17,18,21). The highest BCUT2D eigenvalue weighted by Crippen LogP contribution is 2.27. The minimum Gasteiger partial charge on any atom is -0.299 e. The van der Waals surface area contributed by atoms with Gasteiger partial charge in [-0.1, -0.05) is 48.5 Å². The second-order valence-corrected chi connectivity index (χ2v) is 10.0. The molecular formula is C15H19ClN4O3S3. The summed E-state index contributed by atoms with van der Waals surface area (Å²) in [6.07, 6.45) is 1.36. The number of rotatable bonds is 8. The Morgan fingerprint density at radius 2 is 1.96 bits per heavy atom. The maximum Gasteiger partial charge on any atom is 0.250 e. The lowest BCUT2D eigenvalue weighted by atomic mass is 10.2. The van der Waals surface area contributed by atoms with Crippen molar-refractivity contribution in [3.8, 4) is 0 Å². The van der Waals surface area contributed by atoms with E-state index in [0.29, 0.717) is 15.8 Å². The summed E-state index contributed by atoms with van der Waals surface area (Å²) in [7, 11) is -3.69. The van der Waals surface area contributed by atoms with Gasteiger partial charge in [0.05, 0.1) is 11.9 Å². The molecule has 1 unspecified atom stereocenters. The third-order valence-electron chi connectivity index (χ3n) is 3.32. The molecule has 0 fully saturated rings. The number of halogens is 1. The zero-order chi connectivity index (χ0) is 19.3. The van der Waals surface area contributed by atoms with Gasteiger partial charge in [-0.25, -0.2) is 8.42 Å². The number of carbonyl (C=O) groups excluding carboxylic acids is 1. The first-order valence-corrected chi connectivity index (χ1v) is 11.8. The van der Waals surface area contributed by atoms with Crippen LogP contribution in [0.4, 0.5) is 10.8 Å². The minimum absolute atomic E-state index is 0.289. The van der Waals surface area contributed by atoms with Gasteiger partial charge in [0.1, 0.15) is 6.04 Å². The van der Waals surface area contributed by atoms with E-state index in [0.717, 1.165) is 20.7 Å². The summed E-state index contributed by atoms with van der Waals surface area (Å²) >= 11 is 8.65. The molecular weight excluding hydrogens is 416 g/mol. The zero-order valence-corrected chi connectivity index (χ0v) is 17.7. The molecule has 0 aliphatic carbocycles. The van der Waals surface area contributed by atoms with Gasteiger partial charge in [-0.2, -0.15) is 0 Å². The van der Waals surface area contributed by atoms with Gasteiger partial charge in [0.25, 0.3) is 0 Å². The first-order chi connectivity index (χ1) is 12.3. The summed E-state index contributed by atoms with van der Waals surface area (Å²) in [6.45, 7) is 3.74. The highest BCUT2D eigenvalue weighted by Gasteiger charge is 2.32. The van der Waals surface area contributed by atoms with Crippen molar-refractivity contribution >= 4 is 61.4 Å². The predicted molar refractivity (Wildman–Crippen MR) is 108 cm³/mol. The quantitative estimate of drug-likeness (QED) is 0.505. The molecule has 1 heterocycles. The first kappa shape index (κ1) is 20.9. The molecule has 0 bridgehead atoms. The van der Waals surface area contributed by atoms with E-state index in [1.54, 1.807) is 31.2 Å². The molecule has 11 heteroatoms. The fourth-order valence-corrected chi connectivity index (χ4v) is 5.27. The van der Waals surface area contributed by atoms with E-state index in [-0.39, 0.29) is 6.42 Å². The lowest BCUT2D eigenvalue weighted by Crippen LogP contribution is -2.46. The number of nitrogens with one attached hydrogen (secondary N) is 1. The molecule has 142 valence electrons. The molecule has 0 aliphatic rings. The van der Waals surface area contributed by atoms with Crippen LogP contribution >= 0.6 is 34.7 Å². The van der Waals surface area contributed by atoms with Crippen LogP contribution in [0.25, 0.3) is 0 Å². The lowest BCUT2D eigenvalue weighted by Gasteiger charge is -2.29. The minimum atomic E-state index is -3.69. The lowest BCUT2D eigenvalue weighted by molar-refractivity contribution is -0.117. The number of amides is 1. The van der Waals surface area contributed by atoms with Crippen LogP contribution in [0.3, 0.4) is 0 Å². The van der Waals surface area contributed by atoms with Gasteiger partial charge < -0.3 is 0 Å². The van der Waals surface area contributed by atoms with E-state index >= 15 is 0 Å². The Hall–Kier alpha value is -1.36. The highest BCUT2D eigenvalue weighted by atomic mass is 35.5. The van der Waals surface area contributed by atoms with Crippen molar-refractivity contribution in [2.45, 2.75) is 30.6 Å². The molecule has 0 spiro atoms. The average Bonchev–Trinajstić information content (AvgIpc) is 3.00. The highest BCUT2D eigenvalue weighted by molar-refractivity contribution is 8.01. The second kappa shape index (κ2) is 9.03. The fraction of sp³-hybridized carbons (Fsp3) is 0.400. The van der Waals surface area contributed by atoms with Crippen molar-refractivity contribution in [3.05, 3.63) is 29.3 Å². The van der Waals surface area contributed by atoms with Crippen LogP contribution in [-0.2, 0) is 14.8 Å². The topological polar surface area (TPSA) is 92.3 Å². The van der Waals surface area contributed by atoms with E-state index in [1.165, 1.54) is 23.1 Å². The smallest absolute Gasteiger partial charge is 0.250 e. The van der Waals surface area contributed by atoms with Crippen molar-refractivity contribution in [2.75, 3.05) is 21.6 Å². The summed E-state index contributed by atoms with van der Waals surface area (Å²) in [5, 5.41) is 11.4. The number of hydrogen-bond donors (Lipinski definition) is 1. The Balaban J connectivity index is 2.28. The van der Waals surface area contributed by atoms with E-state index in [9.17, 15) is 13.2 Å². The van der Waals surface area contributed by atoms with Crippen LogP contribution in [0.2, 0.25) is 5.02 Å². The number of aromatic nitrogens is 2. The summed E-state index contributed by atoms with van der Waals surface area (Å²) in [6, 6.07) is 5.38. The summed E-state index contributed by atoms with van der Waals surface area (Å²) in [4.78, 5) is 12.7. The third-order valence-corrected chi connectivity index (χ3v) is 6.60. The van der Waals surface area contributed by atoms with Gasteiger partial charge in [-0.05, 0) is 36.4 Å². The number of hydrogen-bond acceptors (Lipinski definition) is 7. The van der Waals surface area contributed by atoms with Crippen molar-refractivity contribution in [1.82, 2.24) is 10.2 Å². The van der Waals surface area contributed by atoms with Gasteiger partial charge >= 0.3 is 0 Å². The number of carbonyl (C=O) groups is 1. The van der Waals surface area contributed by atoms with E-state index in [2.05, 4.69) is 15.5 Å². The summed E-state index contributed by atoms with van der Waals surface area (Å²) in [5.41, 5.74) is 0.374. The maximum absolute atomic E-state index is 12.7. The van der Waals surface area contributed by atoms with Gasteiger partial charge in [0.15, 0.2) is 4.34 Å². The molecule has 1 atom stereocenters. The van der Waals surface area contributed by atoms with E-state index in [1.807, 2.05) is 6.92 Å². The molecule has 26 heavy (non-hydrogen) atoms. The zero-order valence-electron chi connectivity index (χ0n) is 14.5. The Kier molecular flexibility index (Phi) is 7.27. The number of thioether (sulfide) groups is 1. The van der Waals surface area contributed by atoms with Crippen LogP contribution < -0.4 is 9.62 Å². The third kappa shape index (κ3) is 5.32. The van der Waals surface area contributed by atoms with E-state index in [4.69, 9.17) is 11.6 Å². The van der Waals surface area contributed by atoms with Crippen molar-refractivity contribution < 1.29 is 13.2 Å². The molecule has 7 nitrogen and oxygen atoms in total. The normalized spacial score (nSPS) is 12.6. The Bertz CT molecular complexity index is 855. The number of sulfonamides is 1. The van der Waals surface area contributed by atoms with Gasteiger partial charge in [0.2, 0.25) is 21.1 Å². The van der Waals surface area contributed by atoms with Gasteiger partial charge in [0, 0.05) is 5.02 Å². The molecule has 0 saturated carbocycles. The molecule has 1 aromatic heterocycles. The van der Waals surface area contributed by atoms with E-state index < -0.39 is 22.0 Å². The Labute approximate surface area is 166 Å². The molecule has 2 rings (SSSR count). The van der Waals surface area contributed by atoms with Crippen molar-refractivity contribution in [3.63, 3.8) is 0 Å². The molecule has 1 N–H and O–H groups in total. The SMILES string of the molecule is CCSc1nnc(NC(=O)C(CC)N(c2ccc(Cl)cc2)S(C)(=O)=O)s1. The number of anilines is 2. The van der Waals surface area contributed by atoms with Gasteiger partial charge in [-0.3, -0.25) is 14.4 Å². The van der Waals surface area contributed by atoms with Crippen LogP contribution in [-0.4, -0.2) is 42.6 Å². The van der Waals surface area contributed by atoms with Gasteiger partial charge in [-0.15, -0.1) is 10.2 Å². The van der Waals surface area contributed by atoms with Crippen LogP contribution in [0, 0.1) is 0 Å². The van der Waals surface area contributed by atoms with Crippen LogP contribution in [0.15, 0.2) is 28.6 Å². The number of nitrogens with zero attached hydrogens (tertiary/aromatic N) is 3. The summed E-state index contributed by atoms with van der Waals surface area (Å²) in [5.74, 6) is 0.385. The Morgan fingerprint density at radius 1 is 1.31 bits per heavy atom. The molecule has 2 aromatic rings. The molecule has 0 saturated heterocycles. The number of benzene rings is 1. The van der Waals surface area contributed by atoms with Crippen molar-refractivity contribution in [1.29, 1.82) is 0 Å². The molecule has 1 aromatic carbocycles. The van der Waals surface area contributed by atoms with Crippen LogP contribution in [0.5, 0.6) is 0 Å². The van der Waals surface area contributed by atoms with Crippen molar-refractivity contribution in [2.24, 2.45) is 0 Å². The second-order valence-electron chi connectivity index (χ2n) is 5.25.